The van der Waals surface area contributed by atoms with Crippen LogP contribution in [-0.2, 0) is 16.0 Å². The largest absolute Gasteiger partial charge is 0.464 e. The van der Waals surface area contributed by atoms with Gasteiger partial charge in [0.05, 0.1) is 18.4 Å². The Balaban J connectivity index is 1.49. The lowest BCUT2D eigenvalue weighted by Gasteiger charge is -2.09. The van der Waals surface area contributed by atoms with Crippen LogP contribution in [0.5, 0.6) is 0 Å². The van der Waals surface area contributed by atoms with Crippen molar-refractivity contribution >= 4 is 39.5 Å². The fourth-order valence-electron chi connectivity index (χ4n) is 3.69. The third-order valence-corrected chi connectivity index (χ3v) is 5.46. The van der Waals surface area contributed by atoms with E-state index in [1.165, 1.54) is 0 Å². The van der Waals surface area contributed by atoms with E-state index in [4.69, 9.17) is 13.6 Å². The summed E-state index contributed by atoms with van der Waals surface area (Å²) in [5.74, 6) is -0.652. The lowest BCUT2D eigenvalue weighted by atomic mass is 10.0. The van der Waals surface area contributed by atoms with Crippen LogP contribution in [0.25, 0.3) is 21.9 Å². The van der Waals surface area contributed by atoms with Gasteiger partial charge in [-0.25, -0.2) is 9.59 Å². The Morgan fingerprint density at radius 1 is 1.03 bits per heavy atom. The Morgan fingerprint density at radius 3 is 2.50 bits per heavy atom. The van der Waals surface area contributed by atoms with Gasteiger partial charge in [0.2, 0.25) is 5.91 Å². The van der Waals surface area contributed by atoms with Crippen LogP contribution < -0.4 is 10.9 Å². The number of carbonyl (C=O) groups excluding carboxylic acids is 2. The summed E-state index contributed by atoms with van der Waals surface area (Å²) < 4.78 is 15.9. The number of furan rings is 1. The maximum absolute atomic E-state index is 12.5. The molecule has 0 spiro atoms. The minimum absolute atomic E-state index is 0.115. The average molecular weight is 433 g/mol. The quantitative estimate of drug-likeness (QED) is 0.343. The minimum Gasteiger partial charge on any atom is -0.464 e. The standard InChI is InChI=1S/C25H23NO6/c1-4-30-24(28)16-5-7-17(8-6-16)26-23(27)10-9-18-15(3)20-11-19-14(2)13-31-21(19)12-22(20)32-25(18)29/h5-8,11-13H,4,9-10H2,1-3H3,(H,26,27). The van der Waals surface area contributed by atoms with E-state index in [0.717, 1.165) is 21.9 Å². The van der Waals surface area contributed by atoms with Crippen molar-refractivity contribution in [3.8, 4) is 0 Å². The van der Waals surface area contributed by atoms with E-state index in [2.05, 4.69) is 5.32 Å². The number of esters is 1. The van der Waals surface area contributed by atoms with Crippen LogP contribution in [0.4, 0.5) is 5.69 Å². The number of fused-ring (bicyclic) bond motifs is 2. The zero-order chi connectivity index (χ0) is 22.8. The lowest BCUT2D eigenvalue weighted by molar-refractivity contribution is -0.116. The fraction of sp³-hybridized carbons (Fsp3) is 0.240. The summed E-state index contributed by atoms with van der Waals surface area (Å²) in [6.45, 7) is 5.86. The number of amides is 1. The van der Waals surface area contributed by atoms with Gasteiger partial charge in [0.25, 0.3) is 0 Å². The molecule has 2 aromatic carbocycles. The molecule has 0 aliphatic carbocycles. The maximum atomic E-state index is 12.5. The van der Waals surface area contributed by atoms with E-state index >= 15 is 0 Å². The molecule has 0 bridgehead atoms. The molecule has 7 nitrogen and oxygen atoms in total. The highest BCUT2D eigenvalue weighted by Crippen LogP contribution is 2.29. The predicted molar refractivity (Wildman–Crippen MR) is 121 cm³/mol. The molecular formula is C25H23NO6. The molecule has 0 radical (unpaired) electrons. The topological polar surface area (TPSA) is 98.8 Å². The summed E-state index contributed by atoms with van der Waals surface area (Å²) in [4.78, 5) is 36.7. The molecule has 2 aromatic heterocycles. The summed E-state index contributed by atoms with van der Waals surface area (Å²) in [6, 6.07) is 10.1. The molecule has 0 aliphatic rings. The van der Waals surface area contributed by atoms with Gasteiger partial charge in [0, 0.05) is 34.5 Å². The van der Waals surface area contributed by atoms with E-state index in [-0.39, 0.29) is 18.7 Å². The first-order chi connectivity index (χ1) is 15.4. The first-order valence-electron chi connectivity index (χ1n) is 10.4. The number of aryl methyl sites for hydroxylation is 2. The molecule has 1 amide bonds. The third kappa shape index (κ3) is 4.14. The molecule has 0 aliphatic heterocycles. The molecule has 4 rings (SSSR count). The second kappa shape index (κ2) is 8.70. The average Bonchev–Trinajstić information content (AvgIpc) is 3.13. The zero-order valence-corrected chi connectivity index (χ0v) is 18.1. The summed E-state index contributed by atoms with van der Waals surface area (Å²) in [6.07, 6.45) is 2.03. The molecule has 0 unspecified atom stereocenters. The number of benzene rings is 2. The number of anilines is 1. The van der Waals surface area contributed by atoms with Gasteiger partial charge in [-0.05, 0) is 68.7 Å². The number of hydrogen-bond donors (Lipinski definition) is 1. The van der Waals surface area contributed by atoms with Crippen LogP contribution >= 0.6 is 0 Å². The molecular weight excluding hydrogens is 410 g/mol. The molecule has 32 heavy (non-hydrogen) atoms. The van der Waals surface area contributed by atoms with E-state index in [0.29, 0.717) is 34.6 Å². The third-order valence-electron chi connectivity index (χ3n) is 5.46. The molecule has 7 heteroatoms. The van der Waals surface area contributed by atoms with Crippen molar-refractivity contribution in [1.29, 1.82) is 0 Å². The van der Waals surface area contributed by atoms with Gasteiger partial charge in [0.1, 0.15) is 11.2 Å². The van der Waals surface area contributed by atoms with Crippen molar-refractivity contribution in [1.82, 2.24) is 0 Å². The monoisotopic (exact) mass is 433 g/mol. The van der Waals surface area contributed by atoms with E-state index in [9.17, 15) is 14.4 Å². The molecule has 164 valence electrons. The predicted octanol–water partition coefficient (Wildman–Crippen LogP) is 4.90. The Labute approximate surface area is 184 Å². The van der Waals surface area contributed by atoms with Gasteiger partial charge in [-0.2, -0.15) is 0 Å². The van der Waals surface area contributed by atoms with Crippen LogP contribution in [0.2, 0.25) is 0 Å². The van der Waals surface area contributed by atoms with E-state index in [1.54, 1.807) is 43.5 Å². The highest BCUT2D eigenvalue weighted by atomic mass is 16.5. The molecule has 2 heterocycles. The van der Waals surface area contributed by atoms with Crippen LogP contribution in [0, 0.1) is 13.8 Å². The number of hydrogen-bond acceptors (Lipinski definition) is 6. The smallest absolute Gasteiger partial charge is 0.339 e. The Hall–Kier alpha value is -3.87. The molecule has 0 atom stereocenters. The number of carbonyl (C=O) groups is 2. The number of rotatable bonds is 6. The van der Waals surface area contributed by atoms with Gasteiger partial charge in [-0.15, -0.1) is 0 Å². The maximum Gasteiger partial charge on any atom is 0.339 e. The van der Waals surface area contributed by atoms with Crippen LogP contribution in [0.1, 0.15) is 40.4 Å². The summed E-state index contributed by atoms with van der Waals surface area (Å²) in [5.41, 5.74) is 3.92. The Morgan fingerprint density at radius 2 is 1.78 bits per heavy atom. The van der Waals surface area contributed by atoms with Gasteiger partial charge in [-0.1, -0.05) is 0 Å². The second-order valence-electron chi connectivity index (χ2n) is 7.60. The second-order valence-corrected chi connectivity index (χ2v) is 7.60. The number of ether oxygens (including phenoxy) is 1. The Kier molecular flexibility index (Phi) is 5.81. The lowest BCUT2D eigenvalue weighted by Crippen LogP contribution is -2.16. The molecule has 0 saturated heterocycles. The van der Waals surface area contributed by atoms with Crippen molar-refractivity contribution in [2.24, 2.45) is 0 Å². The highest BCUT2D eigenvalue weighted by Gasteiger charge is 2.15. The van der Waals surface area contributed by atoms with Crippen molar-refractivity contribution in [2.75, 3.05) is 11.9 Å². The molecule has 0 fully saturated rings. The van der Waals surface area contributed by atoms with Crippen molar-refractivity contribution in [3.05, 3.63) is 75.3 Å². The Bertz CT molecular complexity index is 1380. The van der Waals surface area contributed by atoms with Crippen molar-refractivity contribution < 1.29 is 23.2 Å². The molecule has 0 saturated carbocycles. The van der Waals surface area contributed by atoms with E-state index in [1.807, 2.05) is 19.9 Å². The van der Waals surface area contributed by atoms with Crippen LogP contribution in [-0.4, -0.2) is 18.5 Å². The highest BCUT2D eigenvalue weighted by molar-refractivity contribution is 5.96. The van der Waals surface area contributed by atoms with Crippen molar-refractivity contribution in [3.63, 3.8) is 0 Å². The summed E-state index contributed by atoms with van der Waals surface area (Å²) >= 11 is 0. The van der Waals surface area contributed by atoms with E-state index < -0.39 is 11.6 Å². The van der Waals surface area contributed by atoms with Gasteiger partial charge in [0.15, 0.2) is 0 Å². The zero-order valence-electron chi connectivity index (χ0n) is 18.1. The van der Waals surface area contributed by atoms with Crippen LogP contribution in [0.15, 0.2) is 56.3 Å². The first-order valence-corrected chi connectivity index (χ1v) is 10.4. The first kappa shape index (κ1) is 21.4. The summed E-state index contributed by atoms with van der Waals surface area (Å²) in [7, 11) is 0. The molecule has 4 aromatic rings. The fourth-order valence-corrected chi connectivity index (χ4v) is 3.69. The molecule has 1 N–H and O–H groups in total. The summed E-state index contributed by atoms with van der Waals surface area (Å²) in [5, 5.41) is 4.57. The normalized spacial score (nSPS) is 11.1. The SMILES string of the molecule is CCOC(=O)c1ccc(NC(=O)CCc2c(C)c3cc4c(C)coc4cc3oc2=O)cc1. The van der Waals surface area contributed by atoms with Crippen molar-refractivity contribution in [2.45, 2.75) is 33.6 Å². The van der Waals surface area contributed by atoms with Gasteiger partial charge >= 0.3 is 11.6 Å². The number of nitrogens with one attached hydrogen (secondary N) is 1. The van der Waals surface area contributed by atoms with Crippen LogP contribution in [0.3, 0.4) is 0 Å². The minimum atomic E-state index is -0.454. The van der Waals surface area contributed by atoms with Gasteiger partial charge in [-0.3, -0.25) is 4.79 Å². The van der Waals surface area contributed by atoms with Gasteiger partial charge < -0.3 is 18.9 Å².